The third-order valence-electron chi connectivity index (χ3n) is 8.27. The number of ether oxygens (including phenoxy) is 3. The molecule has 2 spiro atoms. The van der Waals surface area contributed by atoms with Crippen LogP contribution in [0.25, 0.3) is 0 Å². The van der Waals surface area contributed by atoms with E-state index in [9.17, 15) is 30.0 Å². The molecule has 2 unspecified atom stereocenters. The highest BCUT2D eigenvalue weighted by molar-refractivity contribution is 9.12. The van der Waals surface area contributed by atoms with E-state index >= 15 is 0 Å². The Kier molecular flexibility index (Phi) is 13.4. The van der Waals surface area contributed by atoms with Crippen LogP contribution in [-0.4, -0.2) is 107 Å². The predicted octanol–water partition coefficient (Wildman–Crippen LogP) is 4.06. The third kappa shape index (κ3) is 8.37. The van der Waals surface area contributed by atoms with Gasteiger partial charge in [0.15, 0.2) is 11.2 Å². The van der Waals surface area contributed by atoms with Crippen LogP contribution in [0.2, 0.25) is 0 Å². The third-order valence-corrected chi connectivity index (χ3v) is 12.2. The summed E-state index contributed by atoms with van der Waals surface area (Å²) in [5.41, 5.74) is -2.16. The van der Waals surface area contributed by atoms with Crippen molar-refractivity contribution in [1.29, 1.82) is 0 Å². The van der Waals surface area contributed by atoms with E-state index in [1.807, 2.05) is 0 Å². The van der Waals surface area contributed by atoms with Crippen molar-refractivity contribution in [3.05, 3.63) is 68.2 Å². The fourth-order valence-electron chi connectivity index (χ4n) is 5.51. The van der Waals surface area contributed by atoms with E-state index in [0.29, 0.717) is 49.7 Å². The summed E-state index contributed by atoms with van der Waals surface area (Å²) in [6, 6.07) is 3.19. The minimum Gasteiger partial charge on any atom is -0.495 e. The van der Waals surface area contributed by atoms with Crippen molar-refractivity contribution in [2.75, 3.05) is 33.9 Å². The zero-order valence-corrected chi connectivity index (χ0v) is 36.5. The number of aliphatic hydroxyl groups excluding tert-OH is 4. The van der Waals surface area contributed by atoms with Crippen LogP contribution in [0.1, 0.15) is 24.5 Å². The van der Waals surface area contributed by atoms with Gasteiger partial charge in [-0.05, 0) is 125 Å². The normalized spacial score (nSPS) is 26.5. The summed E-state index contributed by atoms with van der Waals surface area (Å²) in [4.78, 5) is 36.8. The van der Waals surface area contributed by atoms with E-state index < -0.39 is 47.4 Å². The first-order valence-corrected chi connectivity index (χ1v) is 19.9. The molecule has 0 bridgehead atoms. The minimum atomic E-state index is -1.32. The molecule has 4 aliphatic rings. The van der Waals surface area contributed by atoms with E-state index in [4.69, 9.17) is 23.9 Å². The lowest BCUT2D eigenvalue weighted by Crippen LogP contribution is -2.45. The second-order valence-corrected chi connectivity index (χ2v) is 16.9. The summed E-state index contributed by atoms with van der Waals surface area (Å²) >= 11 is 20.2. The number of allylic oxidation sites excluding steroid dienone is 2. The van der Waals surface area contributed by atoms with Crippen molar-refractivity contribution in [3.63, 3.8) is 0 Å². The molecule has 1 aromatic carbocycles. The highest BCUT2D eigenvalue weighted by atomic mass is 79.9. The van der Waals surface area contributed by atoms with Gasteiger partial charge in [-0.1, -0.05) is 10.3 Å². The van der Waals surface area contributed by atoms with E-state index in [1.165, 1.54) is 14.2 Å². The van der Waals surface area contributed by atoms with Gasteiger partial charge in [0.05, 0.1) is 47.2 Å². The van der Waals surface area contributed by atoms with Crippen LogP contribution in [0, 0.1) is 0 Å². The monoisotopic (exact) mass is 1110 g/mol. The van der Waals surface area contributed by atoms with Gasteiger partial charge in [-0.3, -0.25) is 9.59 Å². The number of hydrogen-bond acceptors (Lipinski definition) is 13. The number of carbonyl (C=O) groups excluding carboxylic acids is 2. The first-order valence-electron chi connectivity index (χ1n) is 15.1. The maximum atomic E-state index is 12.9. The van der Waals surface area contributed by atoms with Gasteiger partial charge in [-0.2, -0.15) is 0 Å². The van der Waals surface area contributed by atoms with Gasteiger partial charge in [-0.15, -0.1) is 0 Å². The topological polar surface area (TPSA) is 210 Å². The molecule has 6 atom stereocenters. The zero-order valence-electron chi connectivity index (χ0n) is 27.0. The first-order chi connectivity index (χ1) is 24.6. The number of hydrogen-bond donors (Lipinski definition) is 6. The first kappa shape index (κ1) is 41.3. The molecule has 0 saturated heterocycles. The summed E-state index contributed by atoms with van der Waals surface area (Å²) < 4.78 is 18.9. The average Bonchev–Trinajstić information content (AvgIpc) is 3.73. The van der Waals surface area contributed by atoms with Gasteiger partial charge >= 0.3 is 0 Å². The molecule has 0 fully saturated rings. The molecule has 0 saturated carbocycles. The van der Waals surface area contributed by atoms with Crippen LogP contribution >= 0.6 is 95.6 Å². The molecule has 21 heteroatoms. The molecule has 2 amide bonds. The van der Waals surface area contributed by atoms with E-state index in [1.54, 1.807) is 24.3 Å². The number of aliphatic hydroxyl groups is 4. The number of oxime groups is 2. The number of methoxy groups -OCH3 is 2. The Bertz CT molecular complexity index is 1810. The number of benzene rings is 1. The molecule has 2 aliphatic carbocycles. The van der Waals surface area contributed by atoms with Gasteiger partial charge < -0.3 is 54.9 Å². The van der Waals surface area contributed by atoms with Crippen LogP contribution in [-0.2, 0) is 28.7 Å². The van der Waals surface area contributed by atoms with Crippen LogP contribution < -0.4 is 15.4 Å². The standard InChI is InChI=1S/C31H30Br6N4O11/c1-48-24-16(34)5-30(26(44)21(24)36)7-18(40-51-30)28(46)38-9-13(42)11-50-23-14(32)3-12(4-15(23)33)20(43)10-39-29(47)19-8-31(52-41-19)6-17(35)25(49-2)22(37)27(31)45/h3-6,13,20,26-27,42-45H,7-11H2,1-2H3,(H,38,46)(H,39,47)/t13?,20?,26-,27+,30+,31-/m0/s1. The van der Waals surface area contributed by atoms with Crippen molar-refractivity contribution in [3.8, 4) is 5.75 Å². The summed E-state index contributed by atoms with van der Waals surface area (Å²) in [7, 11) is 2.91. The number of nitrogens with one attached hydrogen (secondary N) is 2. The summed E-state index contributed by atoms with van der Waals surface area (Å²) in [5.74, 6) is -0.0771. The van der Waals surface area contributed by atoms with Crippen molar-refractivity contribution in [1.82, 2.24) is 10.6 Å². The number of amides is 2. The van der Waals surface area contributed by atoms with Crippen LogP contribution in [0.3, 0.4) is 0 Å². The van der Waals surface area contributed by atoms with Gasteiger partial charge in [0, 0.05) is 25.9 Å². The molecule has 15 nitrogen and oxygen atoms in total. The summed E-state index contributed by atoms with van der Waals surface area (Å²) in [5, 5.41) is 56.0. The second-order valence-electron chi connectivity index (χ2n) is 11.8. The van der Waals surface area contributed by atoms with Crippen LogP contribution in [0.5, 0.6) is 5.75 Å². The molecular formula is C31H30Br6N4O11. The zero-order chi connectivity index (χ0) is 38.1. The molecule has 5 rings (SSSR count). The quantitative estimate of drug-likeness (QED) is 0.176. The van der Waals surface area contributed by atoms with Crippen LogP contribution in [0.15, 0.2) is 73.0 Å². The van der Waals surface area contributed by atoms with Gasteiger partial charge in [-0.25, -0.2) is 0 Å². The number of halogens is 6. The van der Waals surface area contributed by atoms with E-state index in [2.05, 4.69) is 117 Å². The molecule has 6 N–H and O–H groups in total. The molecule has 1 aromatic rings. The number of rotatable bonds is 12. The largest absolute Gasteiger partial charge is 0.495 e. The van der Waals surface area contributed by atoms with E-state index in [0.717, 1.165) is 0 Å². The Morgan fingerprint density at radius 1 is 0.827 bits per heavy atom. The lowest BCUT2D eigenvalue weighted by molar-refractivity contribution is -0.116. The smallest absolute Gasteiger partial charge is 0.269 e. The van der Waals surface area contributed by atoms with Gasteiger partial charge in [0.1, 0.15) is 53.6 Å². The van der Waals surface area contributed by atoms with Crippen LogP contribution in [0.4, 0.5) is 0 Å². The Morgan fingerprint density at radius 3 is 1.71 bits per heavy atom. The molecule has 0 radical (unpaired) electrons. The fraction of sp³-hybridized carbons (Fsp3) is 0.419. The maximum Gasteiger partial charge on any atom is 0.269 e. The Balaban J connectivity index is 1.09. The highest BCUT2D eigenvalue weighted by Crippen LogP contribution is 2.45. The molecule has 282 valence electrons. The van der Waals surface area contributed by atoms with Crippen molar-refractivity contribution in [2.45, 2.75) is 48.5 Å². The van der Waals surface area contributed by atoms with E-state index in [-0.39, 0.29) is 44.0 Å². The Labute approximate surface area is 347 Å². The average molecular weight is 1110 g/mol. The summed E-state index contributed by atoms with van der Waals surface area (Å²) in [6.45, 7) is -0.560. The Hall–Kier alpha value is -1.82. The molecule has 2 heterocycles. The van der Waals surface area contributed by atoms with Crippen molar-refractivity contribution in [2.24, 2.45) is 10.3 Å². The van der Waals surface area contributed by atoms with Gasteiger partial charge in [0.2, 0.25) is 0 Å². The minimum absolute atomic E-state index is 0.0225. The lowest BCUT2D eigenvalue weighted by Gasteiger charge is -2.33. The summed E-state index contributed by atoms with van der Waals surface area (Å²) in [6.07, 6.45) is -1.53. The second kappa shape index (κ2) is 16.9. The Morgan fingerprint density at radius 2 is 1.27 bits per heavy atom. The molecule has 52 heavy (non-hydrogen) atoms. The molecular weight excluding hydrogens is 1080 g/mol. The van der Waals surface area contributed by atoms with Gasteiger partial charge in [0.25, 0.3) is 11.8 Å². The lowest BCUT2D eigenvalue weighted by atomic mass is 9.87. The number of carbonyl (C=O) groups is 2. The number of nitrogens with zero attached hydrogens (tertiary/aromatic N) is 2. The fourth-order valence-corrected chi connectivity index (χ4v) is 10.5. The molecule has 2 aliphatic heterocycles. The predicted molar refractivity (Wildman–Crippen MR) is 208 cm³/mol. The molecule has 0 aromatic heterocycles. The highest BCUT2D eigenvalue weighted by Gasteiger charge is 2.52. The van der Waals surface area contributed by atoms with Crippen molar-refractivity contribution >= 4 is 119 Å². The SMILES string of the molecule is COC1=C(Br)[C@@H](O)[C@]2(C=C1Br)CC(C(=O)NCC(O)c1cc(Br)c(OCC(O)CNC(=O)C3=NO[C@]4(C=C(Br)C(OC)=C(Br)[C@@H]4O)C3)c(Br)c1)=NO2. The van der Waals surface area contributed by atoms with Crippen molar-refractivity contribution < 1.29 is 53.9 Å². The maximum absolute atomic E-state index is 12.9.